The van der Waals surface area contributed by atoms with Gasteiger partial charge in [0.05, 0.1) is 12.7 Å². The quantitative estimate of drug-likeness (QED) is 0.760. The lowest BCUT2D eigenvalue weighted by atomic mass is 10.1. The zero-order valence-corrected chi connectivity index (χ0v) is 10.7. The number of hydrogen-bond acceptors (Lipinski definition) is 2. The van der Waals surface area contributed by atoms with Gasteiger partial charge < -0.3 is 4.74 Å². The Labute approximate surface area is 114 Å². The molecule has 2 aromatic rings. The molecule has 0 fully saturated rings. The number of ether oxygens (including phenoxy) is 1. The normalized spacial score (nSPS) is 11.8. The molecule has 104 valence electrons. The molecule has 0 atom stereocenters. The summed E-state index contributed by atoms with van der Waals surface area (Å²) in [5, 5.41) is 0. The molecule has 0 heterocycles. The van der Waals surface area contributed by atoms with Crippen molar-refractivity contribution in [1.82, 2.24) is 0 Å². The predicted octanol–water partition coefficient (Wildman–Crippen LogP) is 4.46. The van der Waals surface area contributed by atoms with E-state index < -0.39 is 11.7 Å². The maximum absolute atomic E-state index is 12.4. The van der Waals surface area contributed by atoms with E-state index in [2.05, 4.69) is 4.99 Å². The second-order valence-corrected chi connectivity index (χ2v) is 4.05. The Kier molecular flexibility index (Phi) is 4.08. The number of halogens is 3. The summed E-state index contributed by atoms with van der Waals surface area (Å²) in [5.74, 6) is 0.607. The molecule has 0 radical (unpaired) electrons. The summed E-state index contributed by atoms with van der Waals surface area (Å²) in [6.07, 6.45) is -2.82. The van der Waals surface area contributed by atoms with Crippen molar-refractivity contribution in [1.29, 1.82) is 0 Å². The summed E-state index contributed by atoms with van der Waals surface area (Å²) in [4.78, 5) is 4.21. The smallest absolute Gasteiger partial charge is 0.416 e. The molecule has 0 amide bonds. The Morgan fingerprint density at radius 2 is 1.65 bits per heavy atom. The van der Waals surface area contributed by atoms with E-state index in [1.54, 1.807) is 12.1 Å². The Hall–Kier alpha value is -2.30. The lowest BCUT2D eigenvalue weighted by Crippen LogP contribution is -2.04. The van der Waals surface area contributed by atoms with Crippen LogP contribution in [0, 0.1) is 0 Å². The van der Waals surface area contributed by atoms with Gasteiger partial charge in [0.1, 0.15) is 11.4 Å². The van der Waals surface area contributed by atoms with E-state index >= 15 is 0 Å². The fourth-order valence-corrected chi connectivity index (χ4v) is 1.64. The third-order valence-electron chi connectivity index (χ3n) is 2.68. The van der Waals surface area contributed by atoms with Gasteiger partial charge in [-0.25, -0.2) is 0 Å². The van der Waals surface area contributed by atoms with Crippen LogP contribution < -0.4 is 4.74 Å². The number of methoxy groups -OCH3 is 1. The van der Waals surface area contributed by atoms with E-state index in [1.807, 2.05) is 12.1 Å². The van der Waals surface area contributed by atoms with Crippen molar-refractivity contribution >= 4 is 11.9 Å². The van der Waals surface area contributed by atoms with Crippen LogP contribution >= 0.6 is 0 Å². The van der Waals surface area contributed by atoms with E-state index in [1.165, 1.54) is 25.5 Å². The minimum absolute atomic E-state index is 0.587. The van der Waals surface area contributed by atoms with E-state index in [4.69, 9.17) is 4.74 Å². The molecule has 5 heteroatoms. The maximum atomic E-state index is 12.4. The van der Waals surface area contributed by atoms with Gasteiger partial charge in [-0.15, -0.1) is 0 Å². The second-order valence-electron chi connectivity index (χ2n) is 4.05. The Morgan fingerprint density at radius 1 is 1.00 bits per heavy atom. The summed E-state index contributed by atoms with van der Waals surface area (Å²) in [6, 6.07) is 12.0. The standard InChI is InChI=1S/C15H12F3NO/c1-20-14-5-3-2-4-13(14)19-10-11-6-8-12(9-7-11)15(16,17)18/h2-10H,1H3. The molecule has 0 aliphatic carbocycles. The molecule has 0 saturated heterocycles. The van der Waals surface area contributed by atoms with Crippen LogP contribution in [0.5, 0.6) is 5.75 Å². The SMILES string of the molecule is COc1ccccc1N=Cc1ccc(C(F)(F)F)cc1. The average Bonchev–Trinajstić information content (AvgIpc) is 2.45. The first-order valence-electron chi connectivity index (χ1n) is 5.85. The highest BCUT2D eigenvalue weighted by molar-refractivity contribution is 5.82. The number of nitrogens with zero attached hydrogens (tertiary/aromatic N) is 1. The van der Waals surface area contributed by atoms with Crippen molar-refractivity contribution in [3.63, 3.8) is 0 Å². The maximum Gasteiger partial charge on any atom is 0.416 e. The molecule has 20 heavy (non-hydrogen) atoms. The van der Waals surface area contributed by atoms with Gasteiger partial charge >= 0.3 is 6.18 Å². The van der Waals surface area contributed by atoms with Crippen molar-refractivity contribution in [2.45, 2.75) is 6.18 Å². The third kappa shape index (κ3) is 3.38. The van der Waals surface area contributed by atoms with Crippen molar-refractivity contribution < 1.29 is 17.9 Å². The number of alkyl halides is 3. The largest absolute Gasteiger partial charge is 0.494 e. The second kappa shape index (κ2) is 5.77. The molecule has 2 nitrogen and oxygen atoms in total. The van der Waals surface area contributed by atoms with Crippen LogP contribution in [0.1, 0.15) is 11.1 Å². The van der Waals surface area contributed by atoms with Crippen LogP contribution in [0.25, 0.3) is 0 Å². The molecule has 0 N–H and O–H groups in total. The predicted molar refractivity (Wildman–Crippen MR) is 71.7 cm³/mol. The zero-order valence-electron chi connectivity index (χ0n) is 10.7. The van der Waals surface area contributed by atoms with Crippen LogP contribution in [0.15, 0.2) is 53.5 Å². The van der Waals surface area contributed by atoms with Crippen LogP contribution in [0.3, 0.4) is 0 Å². The molecule has 0 aliphatic rings. The van der Waals surface area contributed by atoms with Crippen LogP contribution in [-0.2, 0) is 6.18 Å². The Bertz CT molecular complexity index is 603. The van der Waals surface area contributed by atoms with Crippen molar-refractivity contribution in [2.24, 2.45) is 4.99 Å². The minimum Gasteiger partial charge on any atom is -0.494 e. The molecule has 2 rings (SSSR count). The number of aliphatic imine (C=N–C) groups is 1. The molecule has 0 aromatic heterocycles. The Morgan fingerprint density at radius 3 is 2.25 bits per heavy atom. The topological polar surface area (TPSA) is 21.6 Å². The highest BCUT2D eigenvalue weighted by Crippen LogP contribution is 2.29. The Balaban J connectivity index is 2.20. The third-order valence-corrected chi connectivity index (χ3v) is 2.68. The highest BCUT2D eigenvalue weighted by Gasteiger charge is 2.29. The van der Waals surface area contributed by atoms with Crippen molar-refractivity contribution in [3.8, 4) is 5.75 Å². The molecule has 0 bridgehead atoms. The van der Waals surface area contributed by atoms with Gasteiger partial charge in [0.15, 0.2) is 0 Å². The van der Waals surface area contributed by atoms with Gasteiger partial charge in [0.2, 0.25) is 0 Å². The van der Waals surface area contributed by atoms with Gasteiger partial charge in [0.25, 0.3) is 0 Å². The summed E-state index contributed by atoms with van der Waals surface area (Å²) < 4.78 is 42.4. The minimum atomic E-state index is -4.32. The lowest BCUT2D eigenvalue weighted by molar-refractivity contribution is -0.137. The van der Waals surface area contributed by atoms with Crippen LogP contribution in [0.2, 0.25) is 0 Å². The fourth-order valence-electron chi connectivity index (χ4n) is 1.64. The lowest BCUT2D eigenvalue weighted by Gasteiger charge is -2.06. The number of hydrogen-bond donors (Lipinski definition) is 0. The summed E-state index contributed by atoms with van der Waals surface area (Å²) in [7, 11) is 1.53. The van der Waals surface area contributed by atoms with E-state index in [9.17, 15) is 13.2 Å². The van der Waals surface area contributed by atoms with Crippen molar-refractivity contribution in [3.05, 3.63) is 59.7 Å². The van der Waals surface area contributed by atoms with Crippen LogP contribution in [-0.4, -0.2) is 13.3 Å². The van der Waals surface area contributed by atoms with Gasteiger partial charge in [-0.1, -0.05) is 24.3 Å². The van der Waals surface area contributed by atoms with Gasteiger partial charge in [-0.3, -0.25) is 4.99 Å². The molecular weight excluding hydrogens is 267 g/mol. The van der Waals surface area contributed by atoms with E-state index in [0.29, 0.717) is 17.0 Å². The van der Waals surface area contributed by atoms with E-state index in [-0.39, 0.29) is 0 Å². The fraction of sp³-hybridized carbons (Fsp3) is 0.133. The first kappa shape index (κ1) is 14.1. The van der Waals surface area contributed by atoms with Gasteiger partial charge in [-0.2, -0.15) is 13.2 Å². The zero-order chi connectivity index (χ0) is 14.6. The molecular formula is C15H12F3NO. The number of para-hydroxylation sites is 2. The molecule has 0 spiro atoms. The van der Waals surface area contributed by atoms with Crippen molar-refractivity contribution in [2.75, 3.05) is 7.11 Å². The molecule has 0 aliphatic heterocycles. The first-order valence-corrected chi connectivity index (χ1v) is 5.85. The van der Waals surface area contributed by atoms with Gasteiger partial charge in [0, 0.05) is 6.21 Å². The first-order chi connectivity index (χ1) is 9.50. The number of benzene rings is 2. The monoisotopic (exact) mass is 279 g/mol. The summed E-state index contributed by atoms with van der Waals surface area (Å²) in [6.45, 7) is 0. The van der Waals surface area contributed by atoms with Gasteiger partial charge in [-0.05, 0) is 29.8 Å². The summed E-state index contributed by atoms with van der Waals surface area (Å²) >= 11 is 0. The van der Waals surface area contributed by atoms with Crippen LogP contribution in [0.4, 0.5) is 18.9 Å². The molecule has 2 aromatic carbocycles. The number of rotatable bonds is 3. The molecule has 0 unspecified atom stereocenters. The highest BCUT2D eigenvalue weighted by atomic mass is 19.4. The van der Waals surface area contributed by atoms with E-state index in [0.717, 1.165) is 12.1 Å². The average molecular weight is 279 g/mol. The molecule has 0 saturated carbocycles. The summed E-state index contributed by atoms with van der Waals surface area (Å²) in [5.41, 5.74) is 0.533.